The summed E-state index contributed by atoms with van der Waals surface area (Å²) in [5.74, 6) is 0.0669. The van der Waals surface area contributed by atoms with Crippen LogP contribution < -0.4 is 5.32 Å². The van der Waals surface area contributed by atoms with Crippen molar-refractivity contribution < 1.29 is 4.79 Å². The molecule has 1 aromatic heterocycles. The van der Waals surface area contributed by atoms with E-state index >= 15 is 0 Å². The van der Waals surface area contributed by atoms with Gasteiger partial charge in [-0.2, -0.15) is 0 Å². The third-order valence-electron chi connectivity index (χ3n) is 2.35. The lowest BCUT2D eigenvalue weighted by molar-refractivity contribution is 0.0942. The molecule has 0 radical (unpaired) electrons. The summed E-state index contributed by atoms with van der Waals surface area (Å²) in [6.45, 7) is 2.89. The predicted molar refractivity (Wildman–Crippen MR) is 63.3 cm³/mol. The number of hydrogen-bond donors (Lipinski definition) is 1. The second-order valence-electron chi connectivity index (χ2n) is 3.58. The Morgan fingerprint density at radius 3 is 3.00 bits per heavy atom. The van der Waals surface area contributed by atoms with E-state index in [1.807, 2.05) is 23.8 Å². The molecular weight excluding hydrogens is 291 g/mol. The lowest BCUT2D eigenvalue weighted by Gasteiger charge is -2.05. The van der Waals surface area contributed by atoms with Crippen LogP contribution in [0.3, 0.4) is 0 Å². The molecule has 3 nitrogen and oxygen atoms in total. The van der Waals surface area contributed by atoms with E-state index in [4.69, 9.17) is 0 Å². The van der Waals surface area contributed by atoms with Crippen LogP contribution in [0.5, 0.6) is 0 Å². The minimum atomic E-state index is 0.0669. The van der Waals surface area contributed by atoms with Crippen molar-refractivity contribution in [1.29, 1.82) is 0 Å². The number of nitrogens with zero attached hydrogens (tertiary/aromatic N) is 1. The Balaban J connectivity index is 2.15. The van der Waals surface area contributed by atoms with Crippen molar-refractivity contribution in [2.45, 2.75) is 32.4 Å². The highest BCUT2D eigenvalue weighted by Crippen LogP contribution is 2.20. The molecule has 0 bridgehead atoms. The summed E-state index contributed by atoms with van der Waals surface area (Å²) in [4.78, 5) is 11.8. The molecule has 0 aliphatic heterocycles. The van der Waals surface area contributed by atoms with Crippen LogP contribution in [-0.2, 0) is 6.54 Å². The summed E-state index contributed by atoms with van der Waals surface area (Å²) in [7, 11) is 0. The molecule has 0 saturated heterocycles. The van der Waals surface area contributed by atoms with Gasteiger partial charge in [0, 0.05) is 22.4 Å². The summed E-state index contributed by atoms with van der Waals surface area (Å²) in [6.07, 6.45) is 4.27. The van der Waals surface area contributed by atoms with E-state index in [0.29, 0.717) is 6.04 Å². The molecule has 4 heteroatoms. The topological polar surface area (TPSA) is 34.0 Å². The molecule has 1 aromatic rings. The number of amides is 1. The van der Waals surface area contributed by atoms with Gasteiger partial charge in [0.25, 0.3) is 5.91 Å². The van der Waals surface area contributed by atoms with Crippen molar-refractivity contribution in [1.82, 2.24) is 9.88 Å². The van der Waals surface area contributed by atoms with Crippen molar-refractivity contribution in [2.75, 3.05) is 0 Å². The Bertz CT molecular complexity index is 355. The highest BCUT2D eigenvalue weighted by Gasteiger charge is 2.24. The lowest BCUT2D eigenvalue weighted by Crippen LogP contribution is -2.27. The van der Waals surface area contributed by atoms with Crippen LogP contribution in [-0.4, -0.2) is 16.5 Å². The first-order chi connectivity index (χ1) is 6.70. The molecule has 1 N–H and O–H groups in total. The summed E-state index contributed by atoms with van der Waals surface area (Å²) in [6, 6.07) is 2.36. The van der Waals surface area contributed by atoms with Crippen LogP contribution in [0.15, 0.2) is 12.3 Å². The van der Waals surface area contributed by atoms with E-state index in [2.05, 4.69) is 27.9 Å². The number of nitrogens with one attached hydrogen (secondary N) is 1. The van der Waals surface area contributed by atoms with Crippen LogP contribution in [0.1, 0.15) is 30.3 Å². The monoisotopic (exact) mass is 304 g/mol. The first-order valence-electron chi connectivity index (χ1n) is 4.87. The van der Waals surface area contributed by atoms with Crippen LogP contribution in [0.4, 0.5) is 0 Å². The van der Waals surface area contributed by atoms with Crippen LogP contribution in [0, 0.1) is 3.57 Å². The summed E-state index contributed by atoms with van der Waals surface area (Å²) in [5, 5.41) is 3.00. The van der Waals surface area contributed by atoms with Crippen molar-refractivity contribution >= 4 is 28.5 Å². The van der Waals surface area contributed by atoms with Crippen molar-refractivity contribution in [2.24, 2.45) is 0 Å². The number of rotatable bonds is 3. The fraction of sp³-hybridized carbons (Fsp3) is 0.500. The van der Waals surface area contributed by atoms with Gasteiger partial charge in [0.1, 0.15) is 5.69 Å². The van der Waals surface area contributed by atoms with Gasteiger partial charge in [-0.25, -0.2) is 0 Å². The van der Waals surface area contributed by atoms with Gasteiger partial charge >= 0.3 is 0 Å². The Kier molecular flexibility index (Phi) is 2.80. The average molecular weight is 304 g/mol. The van der Waals surface area contributed by atoms with Gasteiger partial charge in [-0.15, -0.1) is 0 Å². The van der Waals surface area contributed by atoms with E-state index in [0.717, 1.165) is 28.7 Å². The fourth-order valence-corrected chi connectivity index (χ4v) is 2.05. The molecule has 1 saturated carbocycles. The Morgan fingerprint density at radius 1 is 1.71 bits per heavy atom. The predicted octanol–water partition coefficient (Wildman–Crippen LogP) is 2.00. The lowest BCUT2D eigenvalue weighted by atomic mass is 10.4. The van der Waals surface area contributed by atoms with Gasteiger partial charge in [0.15, 0.2) is 0 Å². The number of halogens is 1. The van der Waals surface area contributed by atoms with Gasteiger partial charge in [-0.3, -0.25) is 4.79 Å². The molecule has 0 spiro atoms. The van der Waals surface area contributed by atoms with Gasteiger partial charge in [-0.1, -0.05) is 0 Å². The minimum absolute atomic E-state index is 0.0669. The molecule has 14 heavy (non-hydrogen) atoms. The number of aromatic nitrogens is 1. The molecule has 2 rings (SSSR count). The molecule has 1 fully saturated rings. The molecule has 1 amide bonds. The van der Waals surface area contributed by atoms with Crippen LogP contribution in [0.25, 0.3) is 0 Å². The first-order valence-corrected chi connectivity index (χ1v) is 5.95. The standard InChI is InChI=1S/C10H13IN2O/c1-2-13-6-7(11)5-9(13)10(14)12-8-3-4-8/h5-6,8H,2-4H2,1H3,(H,12,14). The highest BCUT2D eigenvalue weighted by molar-refractivity contribution is 14.1. The van der Waals surface area contributed by atoms with E-state index in [1.165, 1.54) is 0 Å². The van der Waals surface area contributed by atoms with E-state index in [1.54, 1.807) is 0 Å². The minimum Gasteiger partial charge on any atom is -0.348 e. The highest BCUT2D eigenvalue weighted by atomic mass is 127. The number of aryl methyl sites for hydroxylation is 1. The Hall–Kier alpha value is -0.520. The normalized spacial score (nSPS) is 15.6. The van der Waals surface area contributed by atoms with Crippen molar-refractivity contribution in [3.8, 4) is 0 Å². The fourth-order valence-electron chi connectivity index (χ4n) is 1.41. The second-order valence-corrected chi connectivity index (χ2v) is 4.82. The first kappa shape index (κ1) is 10.0. The van der Waals surface area contributed by atoms with Crippen molar-refractivity contribution in [3.63, 3.8) is 0 Å². The number of carbonyl (C=O) groups excluding carboxylic acids is 1. The van der Waals surface area contributed by atoms with Crippen molar-refractivity contribution in [3.05, 3.63) is 21.5 Å². The zero-order valence-electron chi connectivity index (χ0n) is 8.09. The second kappa shape index (κ2) is 3.92. The maximum absolute atomic E-state index is 11.8. The average Bonchev–Trinajstić information content (AvgIpc) is 2.87. The Labute approximate surface area is 97.0 Å². The molecule has 0 aromatic carbocycles. The van der Waals surface area contributed by atoms with E-state index in [9.17, 15) is 4.79 Å². The largest absolute Gasteiger partial charge is 0.348 e. The Morgan fingerprint density at radius 2 is 2.43 bits per heavy atom. The quantitative estimate of drug-likeness (QED) is 0.852. The molecule has 0 unspecified atom stereocenters. The van der Waals surface area contributed by atoms with Gasteiger partial charge in [0.05, 0.1) is 0 Å². The molecule has 1 aliphatic rings. The molecule has 0 atom stereocenters. The van der Waals surface area contributed by atoms with Gasteiger partial charge in [0.2, 0.25) is 0 Å². The van der Waals surface area contributed by atoms with Crippen LogP contribution >= 0.6 is 22.6 Å². The maximum atomic E-state index is 11.8. The zero-order valence-corrected chi connectivity index (χ0v) is 10.2. The van der Waals surface area contributed by atoms with E-state index in [-0.39, 0.29) is 5.91 Å². The summed E-state index contributed by atoms with van der Waals surface area (Å²) >= 11 is 2.23. The van der Waals surface area contributed by atoms with Gasteiger partial charge in [-0.05, 0) is 48.4 Å². The number of hydrogen-bond acceptors (Lipinski definition) is 1. The van der Waals surface area contributed by atoms with Crippen LogP contribution in [0.2, 0.25) is 0 Å². The third-order valence-corrected chi connectivity index (χ3v) is 2.94. The maximum Gasteiger partial charge on any atom is 0.268 e. The third kappa shape index (κ3) is 2.10. The zero-order chi connectivity index (χ0) is 10.1. The summed E-state index contributed by atoms with van der Waals surface area (Å²) in [5.41, 5.74) is 0.781. The van der Waals surface area contributed by atoms with Gasteiger partial charge < -0.3 is 9.88 Å². The number of carbonyl (C=O) groups is 1. The van der Waals surface area contributed by atoms with E-state index < -0.39 is 0 Å². The smallest absolute Gasteiger partial charge is 0.268 e. The SMILES string of the molecule is CCn1cc(I)cc1C(=O)NC1CC1. The molecule has 76 valence electrons. The summed E-state index contributed by atoms with van der Waals surface area (Å²) < 4.78 is 3.10. The molecule has 1 heterocycles. The molecular formula is C10H13IN2O. The molecule has 1 aliphatic carbocycles.